The Labute approximate surface area is 414 Å². The van der Waals surface area contributed by atoms with Crippen LogP contribution >= 0.6 is 93.7 Å². The van der Waals surface area contributed by atoms with Crippen LogP contribution in [0.5, 0.6) is 11.5 Å². The van der Waals surface area contributed by atoms with Gasteiger partial charge in [-0.05, 0) is 72.5 Å². The maximum atomic E-state index is 12.7. The number of hydrogen-bond donors (Lipinski definition) is 1. The van der Waals surface area contributed by atoms with Gasteiger partial charge in [-0.15, -0.1) is 47.3 Å². The molecule has 10 nitrogen and oxygen atoms in total. The number of piperazine rings is 2. The number of carbonyl (C=O) groups excluding carboxylic acids is 4. The summed E-state index contributed by atoms with van der Waals surface area (Å²) in [5.41, 5.74) is 4.66. The normalized spacial score (nSPS) is 13.5. The van der Waals surface area contributed by atoms with Crippen molar-refractivity contribution in [2.45, 2.75) is 25.7 Å². The Morgan fingerprint density at radius 3 is 1.37 bits per heavy atom. The number of aromatic hydroxyl groups is 1. The van der Waals surface area contributed by atoms with Crippen molar-refractivity contribution >= 4 is 120 Å². The van der Waals surface area contributed by atoms with E-state index < -0.39 is 0 Å². The second kappa shape index (κ2) is 25.9. The maximum absolute atomic E-state index is 12.7. The Bertz CT molecular complexity index is 2270. The average molecular weight is 1130 g/mol. The SMILES string of the molecule is BrB(Br)Br.C=CC(=O)N1CCN(C(=O)CCc2cc(-c3ccccc3Cl)c(Cl)cc2O)CC1.C=CC(=O)N1CCN(C(=O)CCc2cc(-c3ccccc3Cl)c(Cl)cc2OC)CC1. The van der Waals surface area contributed by atoms with Gasteiger partial charge in [0, 0.05) is 97.5 Å². The van der Waals surface area contributed by atoms with Gasteiger partial charge in [0.25, 0.3) is 0 Å². The lowest BCUT2D eigenvalue weighted by Crippen LogP contribution is -2.50. The van der Waals surface area contributed by atoms with Crippen molar-refractivity contribution in [2.24, 2.45) is 0 Å². The van der Waals surface area contributed by atoms with Crippen molar-refractivity contribution in [3.05, 3.63) is 129 Å². The molecule has 6 rings (SSSR count). The Balaban J connectivity index is 0.000000255. The summed E-state index contributed by atoms with van der Waals surface area (Å²) in [4.78, 5) is 55.6. The summed E-state index contributed by atoms with van der Waals surface area (Å²) in [6.45, 7) is 11.1. The molecule has 2 aliphatic rings. The second-order valence-corrected chi connectivity index (χ2v) is 22.2. The monoisotopic (exact) mass is 1130 g/mol. The summed E-state index contributed by atoms with van der Waals surface area (Å²) in [5.74, 6) is 0.529. The lowest BCUT2D eigenvalue weighted by molar-refractivity contribution is -0.137. The highest BCUT2D eigenvalue weighted by molar-refractivity contribution is 9.69. The third kappa shape index (κ3) is 15.3. The van der Waals surface area contributed by atoms with Crippen LogP contribution in [-0.2, 0) is 32.0 Å². The maximum Gasteiger partial charge on any atom is 0.369 e. The quantitative estimate of drug-likeness (QED) is 0.118. The van der Waals surface area contributed by atoms with E-state index >= 15 is 0 Å². The zero-order chi connectivity index (χ0) is 46.2. The molecule has 4 aromatic carbocycles. The Kier molecular flexibility index (Phi) is 21.4. The van der Waals surface area contributed by atoms with Gasteiger partial charge < -0.3 is 29.4 Å². The van der Waals surface area contributed by atoms with Crippen LogP contribution in [0, 0.1) is 0 Å². The standard InChI is InChI=1S/C23H24Cl2N2O3.C22H22Cl2N2O3.BBr3/c1-3-22(28)26-10-12-27(13-11-26)23(29)9-8-16-14-18(20(25)15-21(16)30-2)17-6-4-5-7-19(17)24;1-2-21(28)25-9-11-26(12-10-25)22(29)8-7-15-13-17(19(24)14-20(15)27)16-5-3-4-6-18(16)23;2-1(3)4/h3-7,14-15H,1,8-13H2,2H3;2-6,13-14,27H,1,7-12H2;. The first kappa shape index (κ1) is 52.1. The number of aryl methyl sites for hydroxylation is 2. The van der Waals surface area contributed by atoms with Crippen LogP contribution in [0.4, 0.5) is 0 Å². The van der Waals surface area contributed by atoms with Crippen molar-refractivity contribution < 1.29 is 29.0 Å². The number of ether oxygens (including phenoxy) is 1. The van der Waals surface area contributed by atoms with Crippen LogP contribution in [0.2, 0.25) is 20.1 Å². The van der Waals surface area contributed by atoms with Crippen molar-refractivity contribution in [1.82, 2.24) is 19.6 Å². The molecule has 334 valence electrons. The van der Waals surface area contributed by atoms with Crippen LogP contribution in [0.15, 0.2) is 98.1 Å². The number of rotatable bonds is 11. The van der Waals surface area contributed by atoms with Gasteiger partial charge in [0.05, 0.1) is 17.2 Å². The molecule has 4 aromatic rings. The van der Waals surface area contributed by atoms with Gasteiger partial charge in [-0.2, -0.15) is 0 Å². The minimum atomic E-state index is -0.115. The van der Waals surface area contributed by atoms with E-state index in [1.165, 1.54) is 18.2 Å². The summed E-state index contributed by atoms with van der Waals surface area (Å²) < 4.78 is 5.75. The molecule has 2 fully saturated rings. The first-order valence-corrected chi connectivity index (χ1v) is 24.0. The number of carbonyl (C=O) groups is 4. The van der Waals surface area contributed by atoms with Crippen molar-refractivity contribution in [3.63, 3.8) is 0 Å². The van der Waals surface area contributed by atoms with E-state index in [4.69, 9.17) is 51.1 Å². The number of amides is 4. The molecule has 0 radical (unpaired) electrons. The number of phenols is 1. The Hall–Kier alpha value is -3.50. The molecule has 0 atom stereocenters. The topological polar surface area (TPSA) is 111 Å². The summed E-state index contributed by atoms with van der Waals surface area (Å²) >= 11 is 34.7. The first-order chi connectivity index (χ1) is 30.1. The van der Waals surface area contributed by atoms with Gasteiger partial charge >= 0.3 is 3.18 Å². The third-order valence-electron chi connectivity index (χ3n) is 10.3. The molecule has 0 unspecified atom stereocenters. The highest BCUT2D eigenvalue weighted by atomic mass is 79.9. The number of methoxy groups -OCH3 is 1. The molecular formula is C45H46BBr3Cl4N4O6. The minimum absolute atomic E-state index is 0.00987. The first-order valence-electron chi connectivity index (χ1n) is 19.8. The molecule has 0 spiro atoms. The fourth-order valence-electron chi connectivity index (χ4n) is 6.98. The predicted octanol–water partition coefficient (Wildman–Crippen LogP) is 10.8. The van der Waals surface area contributed by atoms with Crippen LogP contribution in [-0.4, -0.2) is 111 Å². The molecule has 0 aromatic heterocycles. The number of halogens is 7. The number of benzene rings is 4. The molecule has 2 aliphatic heterocycles. The largest absolute Gasteiger partial charge is 0.508 e. The Morgan fingerprint density at radius 2 is 0.968 bits per heavy atom. The summed E-state index contributed by atoms with van der Waals surface area (Å²) in [6.07, 6.45) is 4.09. The lowest BCUT2D eigenvalue weighted by atomic mass is 9.99. The van der Waals surface area contributed by atoms with Gasteiger partial charge in [0.15, 0.2) is 0 Å². The smallest absolute Gasteiger partial charge is 0.369 e. The molecule has 2 saturated heterocycles. The van der Waals surface area contributed by atoms with E-state index in [0.717, 1.165) is 22.3 Å². The lowest BCUT2D eigenvalue weighted by Gasteiger charge is -2.34. The number of hydrogen-bond acceptors (Lipinski definition) is 6. The van der Waals surface area contributed by atoms with Gasteiger partial charge in [-0.1, -0.05) is 96.0 Å². The molecular weight excluding hydrogens is 1080 g/mol. The fourth-order valence-corrected chi connectivity index (χ4v) is 7.97. The molecule has 1 N–H and O–H groups in total. The van der Waals surface area contributed by atoms with E-state index in [0.29, 0.717) is 109 Å². The summed E-state index contributed by atoms with van der Waals surface area (Å²) in [7, 11) is 1.59. The van der Waals surface area contributed by atoms with E-state index in [-0.39, 0.29) is 39.0 Å². The molecule has 0 saturated carbocycles. The third-order valence-corrected chi connectivity index (χ3v) is 11.6. The average Bonchev–Trinajstić information content (AvgIpc) is 3.28. The second-order valence-electron chi connectivity index (χ2n) is 14.1. The number of phenolic OH excluding ortho intramolecular Hbond substituents is 1. The fraction of sp³-hybridized carbons (Fsp3) is 0.289. The summed E-state index contributed by atoms with van der Waals surface area (Å²) in [6, 6.07) is 21.8. The van der Waals surface area contributed by atoms with Crippen LogP contribution in [0.25, 0.3) is 22.3 Å². The molecule has 0 bridgehead atoms. The molecule has 2 heterocycles. The van der Waals surface area contributed by atoms with Crippen molar-refractivity contribution in [2.75, 3.05) is 59.5 Å². The zero-order valence-corrected chi connectivity index (χ0v) is 42.3. The number of nitrogens with zero attached hydrogens (tertiary/aromatic N) is 4. The van der Waals surface area contributed by atoms with Crippen LogP contribution < -0.4 is 4.74 Å². The Morgan fingerprint density at radius 1 is 0.603 bits per heavy atom. The van der Waals surface area contributed by atoms with Crippen molar-refractivity contribution in [1.29, 1.82) is 0 Å². The van der Waals surface area contributed by atoms with E-state index in [1.54, 1.807) is 44.9 Å². The van der Waals surface area contributed by atoms with Gasteiger partial charge in [-0.3, -0.25) is 19.2 Å². The van der Waals surface area contributed by atoms with E-state index in [2.05, 4.69) is 60.4 Å². The molecule has 63 heavy (non-hydrogen) atoms. The molecule has 0 aliphatic carbocycles. The van der Waals surface area contributed by atoms with Crippen molar-refractivity contribution in [3.8, 4) is 33.8 Å². The predicted molar refractivity (Wildman–Crippen MR) is 268 cm³/mol. The van der Waals surface area contributed by atoms with Gasteiger partial charge in [0.1, 0.15) is 11.5 Å². The minimum Gasteiger partial charge on any atom is -0.508 e. The zero-order valence-electron chi connectivity index (χ0n) is 34.5. The van der Waals surface area contributed by atoms with Gasteiger partial charge in [0.2, 0.25) is 23.6 Å². The van der Waals surface area contributed by atoms with E-state index in [1.807, 2.05) is 48.5 Å². The van der Waals surface area contributed by atoms with E-state index in [9.17, 15) is 24.3 Å². The highest BCUT2D eigenvalue weighted by Gasteiger charge is 2.25. The van der Waals surface area contributed by atoms with Gasteiger partial charge in [-0.25, -0.2) is 0 Å². The summed E-state index contributed by atoms with van der Waals surface area (Å²) in [5, 5.41) is 12.4. The molecule has 18 heteroatoms. The van der Waals surface area contributed by atoms with Crippen LogP contribution in [0.1, 0.15) is 24.0 Å². The molecule has 4 amide bonds. The van der Waals surface area contributed by atoms with Crippen LogP contribution in [0.3, 0.4) is 0 Å². The highest BCUT2D eigenvalue weighted by Crippen LogP contribution is 2.39.